The van der Waals surface area contributed by atoms with Gasteiger partial charge in [-0.05, 0) is 35.6 Å². The number of pyridine rings is 1. The van der Waals surface area contributed by atoms with Crippen LogP contribution in [0.5, 0.6) is 5.88 Å². The summed E-state index contributed by atoms with van der Waals surface area (Å²) in [5.74, 6) is 0.610. The van der Waals surface area contributed by atoms with E-state index in [1.54, 1.807) is 7.11 Å². The second-order valence-electron chi connectivity index (χ2n) is 6.68. The minimum atomic E-state index is -0.0144. The standard InChI is InChI=1S/C20H22N4O2/c1-26-19-5-2-14(11-22-19)12-24-9-7-17(13-24)23-20(25)16-4-3-15-6-8-21-18(15)10-16/h2-6,8,10-11,17,21H,7,9,12-13H2,1H3,(H,23,25). The molecule has 0 radical (unpaired) electrons. The molecule has 26 heavy (non-hydrogen) atoms. The van der Waals surface area contributed by atoms with Crippen molar-refractivity contribution in [3.63, 3.8) is 0 Å². The monoisotopic (exact) mass is 350 g/mol. The summed E-state index contributed by atoms with van der Waals surface area (Å²) in [4.78, 5) is 22.3. The average Bonchev–Trinajstić information content (AvgIpc) is 3.31. The van der Waals surface area contributed by atoms with Crippen LogP contribution < -0.4 is 10.1 Å². The number of ether oxygens (including phenoxy) is 1. The number of hydrogen-bond acceptors (Lipinski definition) is 4. The summed E-state index contributed by atoms with van der Waals surface area (Å²) in [5.41, 5.74) is 2.82. The average molecular weight is 350 g/mol. The molecular weight excluding hydrogens is 328 g/mol. The van der Waals surface area contributed by atoms with E-state index in [2.05, 4.69) is 20.2 Å². The topological polar surface area (TPSA) is 70.2 Å². The van der Waals surface area contributed by atoms with Crippen molar-refractivity contribution in [2.75, 3.05) is 20.2 Å². The normalized spacial score (nSPS) is 17.5. The van der Waals surface area contributed by atoms with Gasteiger partial charge in [0.2, 0.25) is 5.88 Å². The number of methoxy groups -OCH3 is 1. The first-order chi connectivity index (χ1) is 12.7. The van der Waals surface area contributed by atoms with Gasteiger partial charge in [0, 0.05) is 55.2 Å². The molecule has 1 aromatic carbocycles. The van der Waals surface area contributed by atoms with Crippen molar-refractivity contribution < 1.29 is 9.53 Å². The Morgan fingerprint density at radius 2 is 2.27 bits per heavy atom. The predicted octanol–water partition coefficient (Wildman–Crippen LogP) is 2.58. The number of nitrogens with zero attached hydrogens (tertiary/aromatic N) is 2. The first-order valence-corrected chi connectivity index (χ1v) is 8.80. The Bertz CT molecular complexity index is 904. The Hall–Kier alpha value is -2.86. The van der Waals surface area contributed by atoms with Crippen LogP contribution in [0, 0.1) is 0 Å². The highest BCUT2D eigenvalue weighted by atomic mass is 16.5. The fourth-order valence-electron chi connectivity index (χ4n) is 3.44. The van der Waals surface area contributed by atoms with E-state index in [9.17, 15) is 4.79 Å². The van der Waals surface area contributed by atoms with Crippen LogP contribution in [0.25, 0.3) is 10.9 Å². The van der Waals surface area contributed by atoms with Crippen LogP contribution in [0.3, 0.4) is 0 Å². The number of rotatable bonds is 5. The van der Waals surface area contributed by atoms with Crippen LogP contribution in [0.1, 0.15) is 22.3 Å². The first kappa shape index (κ1) is 16.6. The number of fused-ring (bicyclic) bond motifs is 1. The van der Waals surface area contributed by atoms with Crippen LogP contribution in [0.4, 0.5) is 0 Å². The minimum Gasteiger partial charge on any atom is -0.481 e. The Labute approximate surface area is 152 Å². The van der Waals surface area contributed by atoms with Gasteiger partial charge in [0.05, 0.1) is 7.11 Å². The van der Waals surface area contributed by atoms with Crippen LogP contribution in [-0.2, 0) is 6.54 Å². The summed E-state index contributed by atoms with van der Waals surface area (Å²) >= 11 is 0. The SMILES string of the molecule is COc1ccc(CN2CCC(NC(=O)c3ccc4cc[nH]c4c3)C2)cn1. The van der Waals surface area contributed by atoms with Crippen molar-refractivity contribution in [2.45, 2.75) is 19.0 Å². The maximum absolute atomic E-state index is 12.5. The van der Waals surface area contributed by atoms with Gasteiger partial charge >= 0.3 is 0 Å². The summed E-state index contributed by atoms with van der Waals surface area (Å²) in [5, 5.41) is 4.27. The zero-order valence-corrected chi connectivity index (χ0v) is 14.7. The molecule has 3 aromatic rings. The Morgan fingerprint density at radius 1 is 1.35 bits per heavy atom. The van der Waals surface area contributed by atoms with E-state index in [-0.39, 0.29) is 11.9 Å². The minimum absolute atomic E-state index is 0.0144. The molecule has 0 aliphatic carbocycles. The highest BCUT2D eigenvalue weighted by Crippen LogP contribution is 2.17. The molecule has 0 saturated carbocycles. The summed E-state index contributed by atoms with van der Waals surface area (Å²) in [7, 11) is 1.61. The Morgan fingerprint density at radius 3 is 3.08 bits per heavy atom. The van der Waals surface area contributed by atoms with Gasteiger partial charge in [-0.15, -0.1) is 0 Å². The Kier molecular flexibility index (Phi) is 4.58. The predicted molar refractivity (Wildman–Crippen MR) is 100 cm³/mol. The molecule has 1 atom stereocenters. The van der Waals surface area contributed by atoms with Crippen LogP contribution in [-0.4, -0.2) is 47.0 Å². The number of hydrogen-bond donors (Lipinski definition) is 2. The van der Waals surface area contributed by atoms with E-state index in [1.165, 1.54) is 0 Å². The third-order valence-corrected chi connectivity index (χ3v) is 4.84. The lowest BCUT2D eigenvalue weighted by atomic mass is 10.1. The molecule has 2 aromatic heterocycles. The van der Waals surface area contributed by atoms with Crippen molar-refractivity contribution in [3.8, 4) is 5.88 Å². The fourth-order valence-corrected chi connectivity index (χ4v) is 3.44. The van der Waals surface area contributed by atoms with Gasteiger partial charge in [-0.1, -0.05) is 12.1 Å². The summed E-state index contributed by atoms with van der Waals surface area (Å²) < 4.78 is 5.09. The molecule has 1 fully saturated rings. The van der Waals surface area contributed by atoms with Crippen LogP contribution in [0.2, 0.25) is 0 Å². The second-order valence-corrected chi connectivity index (χ2v) is 6.68. The van der Waals surface area contributed by atoms with Crippen molar-refractivity contribution in [3.05, 3.63) is 59.9 Å². The molecule has 1 saturated heterocycles. The van der Waals surface area contributed by atoms with E-state index in [0.717, 1.165) is 42.5 Å². The quantitative estimate of drug-likeness (QED) is 0.742. The highest BCUT2D eigenvalue weighted by molar-refractivity contribution is 5.98. The van der Waals surface area contributed by atoms with Gasteiger partial charge in [-0.3, -0.25) is 9.69 Å². The molecular formula is C20H22N4O2. The number of carbonyl (C=O) groups is 1. The van der Waals surface area contributed by atoms with Gasteiger partial charge in [0.1, 0.15) is 0 Å². The van der Waals surface area contributed by atoms with E-state index in [0.29, 0.717) is 11.4 Å². The number of carbonyl (C=O) groups excluding carboxylic acids is 1. The molecule has 6 heteroatoms. The van der Waals surface area contributed by atoms with Crippen molar-refractivity contribution in [1.29, 1.82) is 0 Å². The number of benzene rings is 1. The van der Waals surface area contributed by atoms with E-state index in [1.807, 2.05) is 48.8 Å². The maximum Gasteiger partial charge on any atom is 0.251 e. The smallest absolute Gasteiger partial charge is 0.251 e. The Balaban J connectivity index is 1.33. The maximum atomic E-state index is 12.5. The van der Waals surface area contributed by atoms with Gasteiger partial charge in [0.25, 0.3) is 5.91 Å². The number of aromatic nitrogens is 2. The molecule has 1 aliphatic rings. The van der Waals surface area contributed by atoms with Gasteiger partial charge in [-0.25, -0.2) is 4.98 Å². The number of nitrogens with one attached hydrogen (secondary N) is 2. The lowest BCUT2D eigenvalue weighted by Gasteiger charge is -2.17. The summed E-state index contributed by atoms with van der Waals surface area (Å²) in [6.45, 7) is 2.65. The van der Waals surface area contributed by atoms with Crippen molar-refractivity contribution in [2.24, 2.45) is 0 Å². The number of likely N-dealkylation sites (tertiary alicyclic amines) is 1. The summed E-state index contributed by atoms with van der Waals surface area (Å²) in [6, 6.07) is 11.8. The molecule has 0 spiro atoms. The van der Waals surface area contributed by atoms with Gasteiger partial charge in [-0.2, -0.15) is 0 Å². The van der Waals surface area contributed by atoms with Gasteiger partial charge < -0.3 is 15.0 Å². The largest absolute Gasteiger partial charge is 0.481 e. The zero-order chi connectivity index (χ0) is 17.9. The van der Waals surface area contributed by atoms with E-state index >= 15 is 0 Å². The van der Waals surface area contributed by atoms with Crippen molar-refractivity contribution in [1.82, 2.24) is 20.2 Å². The molecule has 4 rings (SSSR count). The molecule has 1 unspecified atom stereocenters. The van der Waals surface area contributed by atoms with Gasteiger partial charge in [0.15, 0.2) is 0 Å². The van der Waals surface area contributed by atoms with E-state index in [4.69, 9.17) is 4.74 Å². The fraction of sp³-hybridized carbons (Fsp3) is 0.300. The second kappa shape index (κ2) is 7.17. The molecule has 1 aliphatic heterocycles. The third-order valence-electron chi connectivity index (χ3n) is 4.84. The highest BCUT2D eigenvalue weighted by Gasteiger charge is 2.24. The molecule has 134 valence electrons. The molecule has 2 N–H and O–H groups in total. The van der Waals surface area contributed by atoms with Crippen LogP contribution >= 0.6 is 0 Å². The molecule has 6 nitrogen and oxygen atoms in total. The van der Waals surface area contributed by atoms with Crippen molar-refractivity contribution >= 4 is 16.8 Å². The summed E-state index contributed by atoms with van der Waals surface area (Å²) in [6.07, 6.45) is 4.69. The van der Waals surface area contributed by atoms with E-state index < -0.39 is 0 Å². The molecule has 1 amide bonds. The van der Waals surface area contributed by atoms with Crippen LogP contribution in [0.15, 0.2) is 48.8 Å². The number of amides is 1. The third kappa shape index (κ3) is 3.55. The first-order valence-electron chi connectivity index (χ1n) is 8.80. The number of H-pyrrole nitrogens is 1. The molecule has 3 heterocycles. The molecule has 0 bridgehead atoms. The zero-order valence-electron chi connectivity index (χ0n) is 14.7. The number of aromatic amines is 1. The lowest BCUT2D eigenvalue weighted by molar-refractivity contribution is 0.0937. The lowest BCUT2D eigenvalue weighted by Crippen LogP contribution is -2.37.